The molecule has 2 N–H and O–H groups in total. The molecule has 7 heteroatoms. The van der Waals surface area contributed by atoms with Crippen molar-refractivity contribution in [3.05, 3.63) is 78.4 Å². The quantitative estimate of drug-likeness (QED) is 0.406. The summed E-state index contributed by atoms with van der Waals surface area (Å²) < 4.78 is 10.0. The third-order valence-electron chi connectivity index (χ3n) is 3.67. The van der Waals surface area contributed by atoms with Crippen LogP contribution in [0.5, 0.6) is 5.75 Å². The molecule has 0 unspecified atom stereocenters. The molecule has 0 radical (unpaired) electrons. The monoisotopic (exact) mass is 394 g/mol. The van der Waals surface area contributed by atoms with Crippen molar-refractivity contribution in [1.29, 1.82) is 0 Å². The molecule has 2 amide bonds. The number of esters is 1. The number of carbonyl (C=O) groups is 3. The van der Waals surface area contributed by atoms with Crippen molar-refractivity contribution in [1.82, 2.24) is 0 Å². The molecule has 0 aliphatic carbocycles. The molecule has 7 nitrogen and oxygen atoms in total. The summed E-state index contributed by atoms with van der Waals surface area (Å²) in [5.41, 5.74) is 1.45. The Kier molecular flexibility index (Phi) is 8.19. The maximum absolute atomic E-state index is 12.4. The Labute approximate surface area is 169 Å². The molecule has 0 aromatic heterocycles. The van der Waals surface area contributed by atoms with Gasteiger partial charge in [0.2, 0.25) is 0 Å². The van der Waals surface area contributed by atoms with Gasteiger partial charge in [-0.15, -0.1) is 0 Å². The summed E-state index contributed by atoms with van der Waals surface area (Å²) in [6, 6.07) is 13.4. The van der Waals surface area contributed by atoms with Crippen LogP contribution in [-0.4, -0.2) is 31.5 Å². The molecule has 0 fully saturated rings. The summed E-state index contributed by atoms with van der Waals surface area (Å²) >= 11 is 0. The molecule has 0 saturated heterocycles. The molecule has 0 heterocycles. The van der Waals surface area contributed by atoms with Gasteiger partial charge in [-0.1, -0.05) is 30.4 Å². The fraction of sp³-hybridized carbons (Fsp3) is 0.136. The first-order chi connectivity index (χ1) is 14.0. The van der Waals surface area contributed by atoms with Gasteiger partial charge in [0.05, 0.1) is 12.8 Å². The normalized spacial score (nSPS) is 10.7. The van der Waals surface area contributed by atoms with Gasteiger partial charge in [0.15, 0.2) is 6.61 Å². The van der Waals surface area contributed by atoms with Crippen molar-refractivity contribution in [3.63, 3.8) is 0 Å². The predicted octanol–water partition coefficient (Wildman–Crippen LogP) is 3.56. The highest BCUT2D eigenvalue weighted by molar-refractivity contribution is 6.05. The van der Waals surface area contributed by atoms with Gasteiger partial charge in [-0.25, -0.2) is 4.79 Å². The van der Waals surface area contributed by atoms with Crippen LogP contribution >= 0.6 is 0 Å². The number of ether oxygens (including phenoxy) is 2. The van der Waals surface area contributed by atoms with Gasteiger partial charge in [-0.05, 0) is 43.3 Å². The second-order valence-electron chi connectivity index (χ2n) is 5.77. The lowest BCUT2D eigenvalue weighted by Crippen LogP contribution is -2.20. The van der Waals surface area contributed by atoms with Crippen molar-refractivity contribution in [3.8, 4) is 5.75 Å². The number of nitrogens with one attached hydrogen (secondary N) is 2. The first-order valence-corrected chi connectivity index (χ1v) is 8.84. The highest BCUT2D eigenvalue weighted by atomic mass is 16.5. The number of benzene rings is 2. The van der Waals surface area contributed by atoms with Crippen LogP contribution in [0.3, 0.4) is 0 Å². The first-order valence-electron chi connectivity index (χ1n) is 8.84. The van der Waals surface area contributed by atoms with Gasteiger partial charge < -0.3 is 20.1 Å². The largest absolute Gasteiger partial charge is 0.495 e. The number of carbonyl (C=O) groups excluding carboxylic acids is 3. The molecule has 2 rings (SSSR count). The second-order valence-corrected chi connectivity index (χ2v) is 5.77. The molecule has 2 aromatic rings. The van der Waals surface area contributed by atoms with E-state index in [1.54, 1.807) is 54.6 Å². The Morgan fingerprint density at radius 2 is 1.69 bits per heavy atom. The predicted molar refractivity (Wildman–Crippen MR) is 111 cm³/mol. The number of anilines is 2. The summed E-state index contributed by atoms with van der Waals surface area (Å²) in [5, 5.41) is 5.36. The third kappa shape index (κ3) is 6.99. The number of para-hydroxylation sites is 2. The van der Waals surface area contributed by atoms with Crippen molar-refractivity contribution in [2.45, 2.75) is 6.92 Å². The van der Waals surface area contributed by atoms with Crippen LogP contribution in [0, 0.1) is 0 Å². The third-order valence-corrected chi connectivity index (χ3v) is 3.67. The topological polar surface area (TPSA) is 93.7 Å². The Morgan fingerprint density at radius 3 is 2.38 bits per heavy atom. The summed E-state index contributed by atoms with van der Waals surface area (Å²) in [5.74, 6) is -0.848. The molecule has 29 heavy (non-hydrogen) atoms. The minimum atomic E-state index is -0.610. The van der Waals surface area contributed by atoms with Gasteiger partial charge in [-0.3, -0.25) is 9.59 Å². The van der Waals surface area contributed by atoms with Gasteiger partial charge in [0.25, 0.3) is 11.8 Å². The van der Waals surface area contributed by atoms with E-state index < -0.39 is 18.5 Å². The van der Waals surface area contributed by atoms with E-state index in [2.05, 4.69) is 10.6 Å². The smallest absolute Gasteiger partial charge is 0.331 e. The van der Waals surface area contributed by atoms with Crippen molar-refractivity contribution in [2.24, 2.45) is 0 Å². The summed E-state index contributed by atoms with van der Waals surface area (Å²) in [4.78, 5) is 35.7. The van der Waals surface area contributed by atoms with Gasteiger partial charge in [0, 0.05) is 17.3 Å². The van der Waals surface area contributed by atoms with Crippen LogP contribution in [0.2, 0.25) is 0 Å². The second kappa shape index (κ2) is 11.1. The molecule has 0 bridgehead atoms. The maximum Gasteiger partial charge on any atom is 0.331 e. The molecule has 150 valence electrons. The Hall–Kier alpha value is -3.87. The van der Waals surface area contributed by atoms with E-state index in [0.29, 0.717) is 22.7 Å². The van der Waals surface area contributed by atoms with Crippen molar-refractivity contribution >= 4 is 29.2 Å². The van der Waals surface area contributed by atoms with Crippen LogP contribution in [0.25, 0.3) is 0 Å². The van der Waals surface area contributed by atoms with E-state index in [0.717, 1.165) is 0 Å². The Morgan fingerprint density at radius 1 is 0.966 bits per heavy atom. The number of hydrogen-bond donors (Lipinski definition) is 2. The van der Waals surface area contributed by atoms with Crippen LogP contribution in [0.4, 0.5) is 11.4 Å². The van der Waals surface area contributed by atoms with Crippen LogP contribution < -0.4 is 15.4 Å². The van der Waals surface area contributed by atoms with Gasteiger partial charge in [-0.2, -0.15) is 0 Å². The molecule has 0 atom stereocenters. The van der Waals surface area contributed by atoms with Crippen LogP contribution in [0.15, 0.2) is 72.8 Å². The standard InChI is InChI=1S/C22H22N2O5/c1-3-4-5-10-21(26)29-15-20(25)23-17-13-11-16(12-14-17)22(27)24-18-8-6-7-9-19(18)28-2/h3-14H,15H2,1-2H3,(H,23,25)(H,24,27)/b4-3+,10-5+. The SMILES string of the molecule is C/C=C/C=C/C(=O)OCC(=O)Nc1ccc(C(=O)Nc2ccccc2OC)cc1. The van der Waals surface area contributed by atoms with Gasteiger partial charge >= 0.3 is 5.97 Å². The van der Waals surface area contributed by atoms with E-state index in [1.807, 2.05) is 13.0 Å². The zero-order valence-electron chi connectivity index (χ0n) is 16.2. The van der Waals surface area contributed by atoms with E-state index >= 15 is 0 Å². The van der Waals surface area contributed by atoms with Crippen LogP contribution in [-0.2, 0) is 14.3 Å². The highest BCUT2D eigenvalue weighted by Gasteiger charge is 2.10. The number of allylic oxidation sites excluding steroid dienone is 3. The fourth-order valence-corrected chi connectivity index (χ4v) is 2.27. The fourth-order valence-electron chi connectivity index (χ4n) is 2.27. The Balaban J connectivity index is 1.88. The van der Waals surface area contributed by atoms with Gasteiger partial charge in [0.1, 0.15) is 5.75 Å². The maximum atomic E-state index is 12.4. The lowest BCUT2D eigenvalue weighted by atomic mass is 10.2. The Bertz CT molecular complexity index is 917. The molecular weight excluding hydrogens is 372 g/mol. The minimum absolute atomic E-state index is 0.311. The molecule has 0 spiro atoms. The first kappa shape index (κ1) is 21.4. The average Bonchev–Trinajstić information content (AvgIpc) is 2.73. The average molecular weight is 394 g/mol. The van der Waals surface area contributed by atoms with Crippen molar-refractivity contribution < 1.29 is 23.9 Å². The highest BCUT2D eigenvalue weighted by Crippen LogP contribution is 2.23. The minimum Gasteiger partial charge on any atom is -0.495 e. The molecule has 2 aromatic carbocycles. The van der Waals surface area contributed by atoms with E-state index in [-0.39, 0.29) is 5.91 Å². The van der Waals surface area contributed by atoms with E-state index in [9.17, 15) is 14.4 Å². The summed E-state index contributed by atoms with van der Waals surface area (Å²) in [6.07, 6.45) is 6.18. The number of rotatable bonds is 8. The zero-order chi connectivity index (χ0) is 21.1. The lowest BCUT2D eigenvalue weighted by Gasteiger charge is -2.10. The van der Waals surface area contributed by atoms with E-state index in [4.69, 9.17) is 9.47 Å². The van der Waals surface area contributed by atoms with Crippen LogP contribution in [0.1, 0.15) is 17.3 Å². The van der Waals surface area contributed by atoms with Crippen molar-refractivity contribution in [2.75, 3.05) is 24.4 Å². The zero-order valence-corrected chi connectivity index (χ0v) is 16.2. The molecule has 0 saturated carbocycles. The number of amides is 2. The molecular formula is C22H22N2O5. The number of methoxy groups -OCH3 is 1. The summed E-state index contributed by atoms with van der Waals surface area (Å²) in [6.45, 7) is 1.41. The summed E-state index contributed by atoms with van der Waals surface area (Å²) in [7, 11) is 1.53. The lowest BCUT2D eigenvalue weighted by molar-refractivity contribution is -0.142. The van der Waals surface area contributed by atoms with E-state index in [1.165, 1.54) is 19.3 Å². The molecule has 0 aliphatic heterocycles. The number of hydrogen-bond acceptors (Lipinski definition) is 5. The molecule has 0 aliphatic rings.